The SMILES string of the molecule is CC[C@@H](C)[C@H](NC(=O)CC1(n2cccc2)CCOCC1)c1nc2ccccc2[nH]1. The molecule has 1 aliphatic heterocycles. The van der Waals surface area contributed by atoms with Gasteiger partial charge in [-0.1, -0.05) is 32.4 Å². The number of fused-ring (bicyclic) bond motifs is 1. The first-order chi connectivity index (χ1) is 14.1. The van der Waals surface area contributed by atoms with E-state index in [0.717, 1.165) is 36.1 Å². The topological polar surface area (TPSA) is 71.9 Å². The normalized spacial score (nSPS) is 18.4. The number of ether oxygens (including phenoxy) is 1. The molecule has 29 heavy (non-hydrogen) atoms. The first-order valence-electron chi connectivity index (χ1n) is 10.6. The second kappa shape index (κ2) is 8.41. The molecule has 0 unspecified atom stereocenters. The molecule has 0 saturated carbocycles. The van der Waals surface area contributed by atoms with Crippen molar-refractivity contribution in [2.75, 3.05) is 13.2 Å². The van der Waals surface area contributed by atoms with E-state index >= 15 is 0 Å². The summed E-state index contributed by atoms with van der Waals surface area (Å²) in [6, 6.07) is 11.9. The summed E-state index contributed by atoms with van der Waals surface area (Å²) >= 11 is 0. The van der Waals surface area contributed by atoms with Crippen molar-refractivity contribution in [2.24, 2.45) is 5.92 Å². The number of benzene rings is 1. The summed E-state index contributed by atoms with van der Waals surface area (Å²) in [6.07, 6.45) is 7.20. The Kier molecular flexibility index (Phi) is 5.72. The minimum Gasteiger partial charge on any atom is -0.381 e. The van der Waals surface area contributed by atoms with Crippen LogP contribution in [-0.2, 0) is 15.1 Å². The Morgan fingerprint density at radius 1 is 1.24 bits per heavy atom. The van der Waals surface area contributed by atoms with Crippen molar-refractivity contribution in [3.8, 4) is 0 Å². The smallest absolute Gasteiger partial charge is 0.222 e. The van der Waals surface area contributed by atoms with Gasteiger partial charge in [0, 0.05) is 25.6 Å². The quantitative estimate of drug-likeness (QED) is 0.632. The van der Waals surface area contributed by atoms with E-state index in [2.05, 4.69) is 41.1 Å². The van der Waals surface area contributed by atoms with Crippen molar-refractivity contribution in [1.29, 1.82) is 0 Å². The average Bonchev–Trinajstić information content (AvgIpc) is 3.42. The zero-order chi connectivity index (χ0) is 20.3. The number of hydrogen-bond acceptors (Lipinski definition) is 3. The summed E-state index contributed by atoms with van der Waals surface area (Å²) < 4.78 is 7.77. The van der Waals surface area contributed by atoms with Crippen LogP contribution in [0, 0.1) is 5.92 Å². The summed E-state index contributed by atoms with van der Waals surface area (Å²) in [5.74, 6) is 1.17. The maximum Gasteiger partial charge on any atom is 0.222 e. The van der Waals surface area contributed by atoms with Gasteiger partial charge in [0.15, 0.2) is 0 Å². The molecule has 4 rings (SSSR count). The zero-order valence-electron chi connectivity index (χ0n) is 17.2. The van der Waals surface area contributed by atoms with Crippen LogP contribution in [0.4, 0.5) is 0 Å². The van der Waals surface area contributed by atoms with Crippen molar-refractivity contribution >= 4 is 16.9 Å². The van der Waals surface area contributed by atoms with E-state index in [-0.39, 0.29) is 23.4 Å². The molecule has 3 aromatic rings. The molecular formula is C23H30N4O2. The highest BCUT2D eigenvalue weighted by Gasteiger charge is 2.37. The number of carbonyl (C=O) groups is 1. The van der Waals surface area contributed by atoms with E-state index in [1.165, 1.54) is 0 Å². The molecule has 154 valence electrons. The fraction of sp³-hybridized carbons (Fsp3) is 0.478. The third kappa shape index (κ3) is 4.08. The Balaban J connectivity index is 1.56. The van der Waals surface area contributed by atoms with Crippen LogP contribution in [0.25, 0.3) is 11.0 Å². The molecule has 1 fully saturated rings. The minimum atomic E-state index is -0.223. The van der Waals surface area contributed by atoms with Crippen molar-refractivity contribution in [3.63, 3.8) is 0 Å². The van der Waals surface area contributed by atoms with Crippen LogP contribution in [0.2, 0.25) is 0 Å². The first kappa shape index (κ1) is 19.7. The molecular weight excluding hydrogens is 364 g/mol. The Bertz CT molecular complexity index is 908. The van der Waals surface area contributed by atoms with Gasteiger partial charge in [0.2, 0.25) is 5.91 Å². The Labute approximate surface area is 171 Å². The summed E-state index contributed by atoms with van der Waals surface area (Å²) in [5.41, 5.74) is 1.70. The number of imidazole rings is 1. The predicted octanol–water partition coefficient (Wildman–Crippen LogP) is 4.16. The number of hydrogen-bond donors (Lipinski definition) is 2. The molecule has 2 N–H and O–H groups in total. The van der Waals surface area contributed by atoms with E-state index in [4.69, 9.17) is 9.72 Å². The molecule has 1 aromatic carbocycles. The lowest BCUT2D eigenvalue weighted by molar-refractivity contribution is -0.125. The number of amides is 1. The molecule has 0 radical (unpaired) electrons. The molecule has 3 heterocycles. The fourth-order valence-corrected chi connectivity index (χ4v) is 4.29. The van der Waals surface area contributed by atoms with E-state index in [1.54, 1.807) is 0 Å². The van der Waals surface area contributed by atoms with Crippen LogP contribution in [0.15, 0.2) is 48.8 Å². The van der Waals surface area contributed by atoms with Crippen LogP contribution in [0.5, 0.6) is 0 Å². The standard InChI is InChI=1S/C23H30N4O2/c1-3-17(2)21(22-24-18-8-4-5-9-19(18)25-22)26-20(28)16-23(10-14-29-15-11-23)27-12-6-7-13-27/h4-9,12-13,17,21H,3,10-11,14-16H2,1-2H3,(H,24,25)(H,26,28)/t17-,21+/m1/s1. The molecule has 1 amide bonds. The predicted molar refractivity (Wildman–Crippen MR) is 114 cm³/mol. The summed E-state index contributed by atoms with van der Waals surface area (Å²) in [6.45, 7) is 5.67. The first-order valence-corrected chi connectivity index (χ1v) is 10.6. The second-order valence-corrected chi connectivity index (χ2v) is 8.17. The monoisotopic (exact) mass is 394 g/mol. The van der Waals surface area contributed by atoms with Crippen LogP contribution < -0.4 is 5.32 Å². The third-order valence-corrected chi connectivity index (χ3v) is 6.30. The molecule has 1 saturated heterocycles. The molecule has 0 aliphatic carbocycles. The summed E-state index contributed by atoms with van der Waals surface area (Å²) in [4.78, 5) is 21.4. The lowest BCUT2D eigenvalue weighted by Gasteiger charge is -2.39. The second-order valence-electron chi connectivity index (χ2n) is 8.17. The molecule has 1 aliphatic rings. The summed E-state index contributed by atoms with van der Waals surface area (Å²) in [5, 5.41) is 3.29. The molecule has 6 nitrogen and oxygen atoms in total. The van der Waals surface area contributed by atoms with Gasteiger partial charge in [0.1, 0.15) is 5.82 Å². The van der Waals surface area contributed by atoms with E-state index in [1.807, 2.05) is 36.4 Å². The largest absolute Gasteiger partial charge is 0.381 e. The number of H-pyrrole nitrogens is 1. The van der Waals surface area contributed by atoms with Gasteiger partial charge in [-0.25, -0.2) is 4.98 Å². The van der Waals surface area contributed by atoms with Crippen LogP contribution in [0.1, 0.15) is 51.4 Å². The van der Waals surface area contributed by atoms with Crippen LogP contribution >= 0.6 is 0 Å². The number of rotatable bonds is 7. The van der Waals surface area contributed by atoms with Crippen LogP contribution in [-0.4, -0.2) is 33.7 Å². The van der Waals surface area contributed by atoms with Gasteiger partial charge < -0.3 is 19.6 Å². The highest BCUT2D eigenvalue weighted by atomic mass is 16.5. The van der Waals surface area contributed by atoms with Gasteiger partial charge in [-0.05, 0) is 43.0 Å². The molecule has 0 spiro atoms. The Morgan fingerprint density at radius 2 is 1.97 bits per heavy atom. The van der Waals surface area contributed by atoms with Crippen LogP contribution in [0.3, 0.4) is 0 Å². The van der Waals surface area contributed by atoms with Gasteiger partial charge in [-0.15, -0.1) is 0 Å². The highest BCUT2D eigenvalue weighted by molar-refractivity contribution is 5.78. The van der Waals surface area contributed by atoms with Crippen molar-refractivity contribution < 1.29 is 9.53 Å². The Hall–Kier alpha value is -2.60. The van der Waals surface area contributed by atoms with E-state index < -0.39 is 0 Å². The summed E-state index contributed by atoms with van der Waals surface area (Å²) in [7, 11) is 0. The van der Waals surface area contributed by atoms with Gasteiger partial charge in [-0.2, -0.15) is 0 Å². The number of aromatic nitrogens is 3. The maximum atomic E-state index is 13.2. The number of para-hydroxylation sites is 2. The number of aromatic amines is 1. The molecule has 2 atom stereocenters. The zero-order valence-corrected chi connectivity index (χ0v) is 17.2. The number of carbonyl (C=O) groups excluding carboxylic acids is 1. The van der Waals surface area contributed by atoms with Gasteiger partial charge >= 0.3 is 0 Å². The fourth-order valence-electron chi connectivity index (χ4n) is 4.29. The molecule has 0 bridgehead atoms. The van der Waals surface area contributed by atoms with Crippen molar-refractivity contribution in [1.82, 2.24) is 19.9 Å². The third-order valence-electron chi connectivity index (χ3n) is 6.30. The van der Waals surface area contributed by atoms with Crippen molar-refractivity contribution in [3.05, 3.63) is 54.6 Å². The van der Waals surface area contributed by atoms with E-state index in [0.29, 0.717) is 19.6 Å². The lowest BCUT2D eigenvalue weighted by Crippen LogP contribution is -2.44. The van der Waals surface area contributed by atoms with E-state index in [9.17, 15) is 4.79 Å². The number of nitrogens with one attached hydrogen (secondary N) is 2. The average molecular weight is 395 g/mol. The molecule has 2 aromatic heterocycles. The lowest BCUT2D eigenvalue weighted by atomic mass is 9.85. The minimum absolute atomic E-state index is 0.0614. The highest BCUT2D eigenvalue weighted by Crippen LogP contribution is 2.34. The van der Waals surface area contributed by atoms with Gasteiger partial charge in [-0.3, -0.25) is 4.79 Å². The molecule has 6 heteroatoms. The van der Waals surface area contributed by atoms with Gasteiger partial charge in [0.05, 0.1) is 29.0 Å². The maximum absolute atomic E-state index is 13.2. The van der Waals surface area contributed by atoms with Crippen molar-refractivity contribution in [2.45, 2.75) is 51.1 Å². The van der Waals surface area contributed by atoms with Gasteiger partial charge in [0.25, 0.3) is 0 Å². The number of nitrogens with zero attached hydrogens (tertiary/aromatic N) is 2. The Morgan fingerprint density at radius 3 is 2.66 bits per heavy atom.